The molecule has 0 aromatic carbocycles. The van der Waals surface area contributed by atoms with Crippen molar-refractivity contribution in [3.8, 4) is 12.3 Å². The number of carbonyl (C=O) groups excluding carboxylic acids is 1. The van der Waals surface area contributed by atoms with Gasteiger partial charge in [-0.15, -0.1) is 6.42 Å². The van der Waals surface area contributed by atoms with E-state index in [-0.39, 0.29) is 11.9 Å². The molecule has 2 N–H and O–H groups in total. The van der Waals surface area contributed by atoms with Crippen LogP contribution >= 0.6 is 0 Å². The first-order chi connectivity index (χ1) is 9.70. The lowest BCUT2D eigenvalue weighted by molar-refractivity contribution is -0.127. The fourth-order valence-electron chi connectivity index (χ4n) is 2.63. The highest BCUT2D eigenvalue weighted by atomic mass is 16.5. The van der Waals surface area contributed by atoms with Gasteiger partial charge in [-0.2, -0.15) is 0 Å². The minimum Gasteiger partial charge on any atom is -0.383 e. The minimum absolute atomic E-state index is 0.0201. The molecule has 0 bridgehead atoms. The molecule has 0 saturated carbocycles. The Morgan fingerprint density at radius 3 is 3.05 bits per heavy atom. The third-order valence-electron chi connectivity index (χ3n) is 3.78. The predicted octanol–water partition coefficient (Wildman–Crippen LogP) is 0.215. The number of nitrogens with one attached hydrogen (secondary N) is 2. The average Bonchev–Trinajstić information content (AvgIpc) is 2.49. The summed E-state index contributed by atoms with van der Waals surface area (Å²) in [6.45, 7) is 5.69. The number of likely N-dealkylation sites (tertiary alicyclic amines) is 1. The maximum absolute atomic E-state index is 12.0. The number of methoxy groups -OCH3 is 1. The lowest BCUT2D eigenvalue weighted by atomic mass is 9.99. The summed E-state index contributed by atoms with van der Waals surface area (Å²) in [5, 5.41) is 6.16. The van der Waals surface area contributed by atoms with Gasteiger partial charge in [0.05, 0.1) is 19.2 Å². The Hall–Kier alpha value is -1.09. The fourth-order valence-corrected chi connectivity index (χ4v) is 2.63. The first kappa shape index (κ1) is 17.0. The van der Waals surface area contributed by atoms with Crippen LogP contribution in [-0.4, -0.2) is 62.8 Å². The zero-order chi connectivity index (χ0) is 14.8. The highest BCUT2D eigenvalue weighted by molar-refractivity contribution is 5.81. The van der Waals surface area contributed by atoms with Crippen LogP contribution < -0.4 is 10.6 Å². The summed E-state index contributed by atoms with van der Waals surface area (Å²) in [5.41, 5.74) is 0. The van der Waals surface area contributed by atoms with Crippen LogP contribution in [0.2, 0.25) is 0 Å². The van der Waals surface area contributed by atoms with Crippen LogP contribution in [0.25, 0.3) is 0 Å². The highest BCUT2D eigenvalue weighted by Gasteiger charge is 2.29. The van der Waals surface area contributed by atoms with E-state index in [1.807, 2.05) is 6.92 Å². The number of carbonyl (C=O) groups is 1. The van der Waals surface area contributed by atoms with Crippen molar-refractivity contribution in [2.45, 2.75) is 38.3 Å². The van der Waals surface area contributed by atoms with Crippen molar-refractivity contribution < 1.29 is 9.53 Å². The van der Waals surface area contributed by atoms with E-state index >= 15 is 0 Å². The number of rotatable bonds is 8. The Morgan fingerprint density at radius 2 is 2.35 bits per heavy atom. The fraction of sp³-hybridized carbons (Fsp3) is 0.800. The van der Waals surface area contributed by atoms with Crippen molar-refractivity contribution in [1.82, 2.24) is 15.5 Å². The number of amides is 1. The van der Waals surface area contributed by atoms with E-state index < -0.39 is 0 Å². The molecule has 20 heavy (non-hydrogen) atoms. The second-order valence-corrected chi connectivity index (χ2v) is 5.18. The molecule has 1 amide bonds. The summed E-state index contributed by atoms with van der Waals surface area (Å²) in [6.07, 6.45) is 8.69. The number of piperidine rings is 1. The highest BCUT2D eigenvalue weighted by Crippen LogP contribution is 2.19. The van der Waals surface area contributed by atoms with Gasteiger partial charge in [-0.05, 0) is 26.3 Å². The van der Waals surface area contributed by atoms with Crippen LogP contribution in [0.1, 0.15) is 26.2 Å². The predicted molar refractivity (Wildman–Crippen MR) is 80.4 cm³/mol. The Balaban J connectivity index is 2.45. The Kier molecular flexibility index (Phi) is 8.28. The van der Waals surface area contributed by atoms with E-state index in [0.717, 1.165) is 32.5 Å². The molecular formula is C15H27N3O2. The van der Waals surface area contributed by atoms with Crippen LogP contribution in [-0.2, 0) is 9.53 Å². The molecule has 0 spiro atoms. The zero-order valence-corrected chi connectivity index (χ0v) is 12.7. The summed E-state index contributed by atoms with van der Waals surface area (Å²) >= 11 is 0. The summed E-state index contributed by atoms with van der Waals surface area (Å²) in [4.78, 5) is 14.3. The Bertz CT molecular complexity index is 328. The third-order valence-corrected chi connectivity index (χ3v) is 3.78. The normalized spacial score (nSPS) is 21.1. The Morgan fingerprint density at radius 1 is 1.55 bits per heavy atom. The quantitative estimate of drug-likeness (QED) is 0.493. The van der Waals surface area contributed by atoms with Gasteiger partial charge in [-0.3, -0.25) is 9.69 Å². The molecule has 0 aromatic heterocycles. The summed E-state index contributed by atoms with van der Waals surface area (Å²) in [5.74, 6) is 2.46. The third kappa shape index (κ3) is 5.49. The molecule has 5 nitrogen and oxygen atoms in total. The number of nitrogens with zero attached hydrogens (tertiary/aromatic N) is 1. The molecule has 114 valence electrons. The smallest absolute Gasteiger partial charge is 0.237 e. The second kappa shape index (κ2) is 9.76. The van der Waals surface area contributed by atoms with Gasteiger partial charge in [0.2, 0.25) is 5.91 Å². The monoisotopic (exact) mass is 281 g/mol. The molecule has 1 fully saturated rings. The van der Waals surface area contributed by atoms with E-state index in [2.05, 4.69) is 21.5 Å². The molecular weight excluding hydrogens is 254 g/mol. The van der Waals surface area contributed by atoms with Gasteiger partial charge in [-0.1, -0.05) is 12.3 Å². The van der Waals surface area contributed by atoms with Gasteiger partial charge < -0.3 is 15.4 Å². The zero-order valence-electron chi connectivity index (χ0n) is 12.7. The van der Waals surface area contributed by atoms with Crippen LogP contribution in [0.15, 0.2) is 0 Å². The first-order valence-corrected chi connectivity index (χ1v) is 7.37. The summed E-state index contributed by atoms with van der Waals surface area (Å²) < 4.78 is 5.03. The van der Waals surface area contributed by atoms with Gasteiger partial charge in [-0.25, -0.2) is 0 Å². The van der Waals surface area contributed by atoms with Gasteiger partial charge in [0, 0.05) is 26.2 Å². The molecule has 2 atom stereocenters. The standard InChI is InChI=1S/C15H27N3O2/c1-4-8-17-15(19)13(2)18-10-6-5-7-14(18)12-16-9-11-20-3/h1,13-14,16H,5-12H2,2-3H3,(H,17,19). The maximum Gasteiger partial charge on any atom is 0.237 e. The molecule has 1 rings (SSSR count). The van der Waals surface area contributed by atoms with E-state index in [4.69, 9.17) is 11.2 Å². The van der Waals surface area contributed by atoms with Gasteiger partial charge in [0.25, 0.3) is 0 Å². The van der Waals surface area contributed by atoms with Crippen molar-refractivity contribution in [3.63, 3.8) is 0 Å². The molecule has 0 radical (unpaired) electrons. The molecule has 0 aromatic rings. The number of ether oxygens (including phenoxy) is 1. The van der Waals surface area contributed by atoms with E-state index in [1.54, 1.807) is 7.11 Å². The molecule has 1 aliphatic rings. The largest absolute Gasteiger partial charge is 0.383 e. The van der Waals surface area contributed by atoms with Crippen molar-refractivity contribution in [2.75, 3.05) is 39.9 Å². The van der Waals surface area contributed by atoms with E-state index in [1.165, 1.54) is 6.42 Å². The second-order valence-electron chi connectivity index (χ2n) is 5.18. The minimum atomic E-state index is -0.127. The van der Waals surface area contributed by atoms with Crippen molar-refractivity contribution in [3.05, 3.63) is 0 Å². The molecule has 2 unspecified atom stereocenters. The summed E-state index contributed by atoms with van der Waals surface area (Å²) in [7, 11) is 1.70. The lowest BCUT2D eigenvalue weighted by Crippen LogP contribution is -2.54. The van der Waals surface area contributed by atoms with Crippen LogP contribution in [0, 0.1) is 12.3 Å². The van der Waals surface area contributed by atoms with E-state index in [9.17, 15) is 4.79 Å². The van der Waals surface area contributed by atoms with Gasteiger partial charge in [0.1, 0.15) is 0 Å². The summed E-state index contributed by atoms with van der Waals surface area (Å²) in [6, 6.07) is 0.282. The maximum atomic E-state index is 12.0. The van der Waals surface area contributed by atoms with E-state index in [0.29, 0.717) is 19.2 Å². The number of hydrogen-bond donors (Lipinski definition) is 2. The molecule has 0 aliphatic carbocycles. The van der Waals surface area contributed by atoms with Gasteiger partial charge >= 0.3 is 0 Å². The van der Waals surface area contributed by atoms with Crippen LogP contribution in [0.4, 0.5) is 0 Å². The lowest BCUT2D eigenvalue weighted by Gasteiger charge is -2.39. The molecule has 5 heteroatoms. The molecule has 1 heterocycles. The molecule has 1 saturated heterocycles. The Labute approximate surface area is 122 Å². The van der Waals surface area contributed by atoms with Crippen molar-refractivity contribution in [1.29, 1.82) is 0 Å². The number of terminal acetylenes is 1. The van der Waals surface area contributed by atoms with Gasteiger partial charge in [0.15, 0.2) is 0 Å². The average molecular weight is 281 g/mol. The van der Waals surface area contributed by atoms with Crippen molar-refractivity contribution in [2.24, 2.45) is 0 Å². The topological polar surface area (TPSA) is 53.6 Å². The first-order valence-electron chi connectivity index (χ1n) is 7.37. The number of hydrogen-bond acceptors (Lipinski definition) is 4. The molecule has 1 aliphatic heterocycles. The van der Waals surface area contributed by atoms with Crippen LogP contribution in [0.5, 0.6) is 0 Å². The van der Waals surface area contributed by atoms with Crippen LogP contribution in [0.3, 0.4) is 0 Å². The van der Waals surface area contributed by atoms with Crippen molar-refractivity contribution >= 4 is 5.91 Å². The SMILES string of the molecule is C#CCNC(=O)C(C)N1CCCCC1CNCCOC.